The largest absolute Gasteiger partial charge is 0.338 e. The Bertz CT molecular complexity index is 226. The number of benzene rings is 1. The third kappa shape index (κ3) is 2.24. The molecule has 0 fully saturated rings. The summed E-state index contributed by atoms with van der Waals surface area (Å²) in [7, 11) is 1.50. The zero-order valence-electron chi connectivity index (χ0n) is 7.70. The first-order valence-corrected chi connectivity index (χ1v) is 4.04. The molecule has 0 saturated carbocycles. The molecular formula is C10H14O2. The molecule has 0 radical (unpaired) electrons. The van der Waals surface area contributed by atoms with Crippen LogP contribution in [0.5, 0.6) is 5.75 Å². The fourth-order valence-corrected chi connectivity index (χ4v) is 1.00. The smallest absolute Gasteiger partial charge is 0.165 e. The van der Waals surface area contributed by atoms with Crippen molar-refractivity contribution in [3.05, 3.63) is 29.8 Å². The highest BCUT2D eigenvalue weighted by atomic mass is 17.2. The van der Waals surface area contributed by atoms with Gasteiger partial charge in [-0.25, -0.2) is 0 Å². The van der Waals surface area contributed by atoms with Gasteiger partial charge in [0.25, 0.3) is 0 Å². The fraction of sp³-hybridized carbons (Fsp3) is 0.400. The summed E-state index contributed by atoms with van der Waals surface area (Å²) in [4.78, 5) is 9.37. The molecule has 0 spiro atoms. The highest BCUT2D eigenvalue weighted by Crippen LogP contribution is 2.18. The van der Waals surface area contributed by atoms with Gasteiger partial charge in [-0.05, 0) is 23.6 Å². The van der Waals surface area contributed by atoms with Crippen molar-refractivity contribution in [2.75, 3.05) is 7.11 Å². The van der Waals surface area contributed by atoms with Crippen LogP contribution in [0.1, 0.15) is 25.3 Å². The molecule has 0 saturated heterocycles. The van der Waals surface area contributed by atoms with Crippen LogP contribution in [0.4, 0.5) is 0 Å². The van der Waals surface area contributed by atoms with E-state index in [1.165, 1.54) is 12.7 Å². The number of rotatable bonds is 3. The molecule has 0 atom stereocenters. The van der Waals surface area contributed by atoms with Crippen molar-refractivity contribution in [1.82, 2.24) is 0 Å². The van der Waals surface area contributed by atoms with Gasteiger partial charge in [0.15, 0.2) is 5.75 Å². The summed E-state index contributed by atoms with van der Waals surface area (Å²) >= 11 is 0. The van der Waals surface area contributed by atoms with Gasteiger partial charge in [-0.15, -0.1) is 0 Å². The molecule has 12 heavy (non-hydrogen) atoms. The Morgan fingerprint density at radius 2 is 1.67 bits per heavy atom. The molecule has 0 aromatic heterocycles. The van der Waals surface area contributed by atoms with E-state index in [1.54, 1.807) is 0 Å². The molecule has 0 heterocycles. The first kappa shape index (κ1) is 9.07. The van der Waals surface area contributed by atoms with Crippen LogP contribution in [0.15, 0.2) is 24.3 Å². The third-order valence-corrected chi connectivity index (χ3v) is 1.73. The average Bonchev–Trinajstić information content (AvgIpc) is 2.06. The highest BCUT2D eigenvalue weighted by Gasteiger charge is 1.98. The Balaban J connectivity index is 2.71. The van der Waals surface area contributed by atoms with E-state index in [-0.39, 0.29) is 0 Å². The van der Waals surface area contributed by atoms with Crippen LogP contribution in [-0.4, -0.2) is 7.11 Å². The molecular weight excluding hydrogens is 152 g/mol. The Labute approximate surface area is 73.0 Å². The van der Waals surface area contributed by atoms with Crippen LogP contribution in [0.25, 0.3) is 0 Å². The van der Waals surface area contributed by atoms with Crippen LogP contribution in [0, 0.1) is 0 Å². The van der Waals surface area contributed by atoms with Crippen LogP contribution in [0.3, 0.4) is 0 Å². The Kier molecular flexibility index (Phi) is 3.11. The van der Waals surface area contributed by atoms with Gasteiger partial charge in [-0.2, -0.15) is 4.89 Å². The minimum atomic E-state index is 0.557. The van der Waals surface area contributed by atoms with E-state index in [4.69, 9.17) is 4.89 Å². The van der Waals surface area contributed by atoms with E-state index in [1.807, 2.05) is 24.3 Å². The first-order valence-electron chi connectivity index (χ1n) is 4.04. The highest BCUT2D eigenvalue weighted by molar-refractivity contribution is 5.28. The van der Waals surface area contributed by atoms with Crippen molar-refractivity contribution in [3.63, 3.8) is 0 Å². The molecule has 1 rings (SSSR count). The van der Waals surface area contributed by atoms with Gasteiger partial charge in [-0.1, -0.05) is 26.0 Å². The second-order valence-corrected chi connectivity index (χ2v) is 2.97. The van der Waals surface area contributed by atoms with Gasteiger partial charge < -0.3 is 4.89 Å². The summed E-state index contributed by atoms with van der Waals surface area (Å²) in [5, 5.41) is 0. The summed E-state index contributed by atoms with van der Waals surface area (Å²) in [6.45, 7) is 4.32. The molecule has 0 aliphatic heterocycles. The second kappa shape index (κ2) is 4.12. The van der Waals surface area contributed by atoms with Crippen molar-refractivity contribution >= 4 is 0 Å². The molecule has 0 unspecified atom stereocenters. The lowest BCUT2D eigenvalue weighted by atomic mass is 10.0. The van der Waals surface area contributed by atoms with Crippen molar-refractivity contribution in [2.24, 2.45) is 0 Å². The molecule has 1 aromatic rings. The Morgan fingerprint density at radius 3 is 2.08 bits per heavy atom. The van der Waals surface area contributed by atoms with Crippen LogP contribution in [-0.2, 0) is 4.89 Å². The van der Waals surface area contributed by atoms with Gasteiger partial charge in [0.05, 0.1) is 7.11 Å². The zero-order chi connectivity index (χ0) is 8.97. The summed E-state index contributed by atoms with van der Waals surface area (Å²) in [5.41, 5.74) is 1.30. The lowest BCUT2D eigenvalue weighted by Gasteiger charge is -2.05. The van der Waals surface area contributed by atoms with Gasteiger partial charge in [0, 0.05) is 0 Å². The van der Waals surface area contributed by atoms with Gasteiger partial charge in [-0.3, -0.25) is 0 Å². The Hall–Kier alpha value is -1.02. The monoisotopic (exact) mass is 166 g/mol. The van der Waals surface area contributed by atoms with E-state index in [9.17, 15) is 0 Å². The Morgan fingerprint density at radius 1 is 1.08 bits per heavy atom. The lowest BCUT2D eigenvalue weighted by molar-refractivity contribution is -0.178. The fourth-order valence-electron chi connectivity index (χ4n) is 1.00. The van der Waals surface area contributed by atoms with Gasteiger partial charge in [0.1, 0.15) is 0 Å². The molecule has 0 bridgehead atoms. The minimum Gasteiger partial charge on any atom is -0.338 e. The number of hydrogen-bond acceptors (Lipinski definition) is 2. The van der Waals surface area contributed by atoms with Crippen molar-refractivity contribution in [2.45, 2.75) is 19.8 Å². The van der Waals surface area contributed by atoms with E-state index >= 15 is 0 Å². The maximum absolute atomic E-state index is 4.84. The molecule has 0 aliphatic carbocycles. The molecule has 66 valence electrons. The quantitative estimate of drug-likeness (QED) is 0.507. The van der Waals surface area contributed by atoms with E-state index in [0.29, 0.717) is 5.92 Å². The second-order valence-electron chi connectivity index (χ2n) is 2.97. The maximum Gasteiger partial charge on any atom is 0.165 e. The zero-order valence-corrected chi connectivity index (χ0v) is 7.70. The predicted octanol–water partition coefficient (Wildman–Crippen LogP) is 2.75. The molecule has 2 heteroatoms. The maximum atomic E-state index is 4.84. The number of hydrogen-bond donors (Lipinski definition) is 0. The van der Waals surface area contributed by atoms with Crippen molar-refractivity contribution in [1.29, 1.82) is 0 Å². The van der Waals surface area contributed by atoms with Crippen LogP contribution < -0.4 is 4.89 Å². The standard InChI is InChI=1S/C10H14O2/c1-8(2)9-4-6-10(7-5-9)12-11-3/h4-8H,1-3H3. The van der Waals surface area contributed by atoms with E-state index < -0.39 is 0 Å². The topological polar surface area (TPSA) is 18.5 Å². The summed E-state index contributed by atoms with van der Waals surface area (Å²) in [6, 6.07) is 7.88. The summed E-state index contributed by atoms with van der Waals surface area (Å²) < 4.78 is 0. The normalized spacial score (nSPS) is 10.3. The van der Waals surface area contributed by atoms with Crippen LogP contribution >= 0.6 is 0 Å². The third-order valence-electron chi connectivity index (χ3n) is 1.73. The average molecular weight is 166 g/mol. The lowest BCUT2D eigenvalue weighted by Crippen LogP contribution is -1.91. The SMILES string of the molecule is COOc1ccc(C(C)C)cc1. The predicted molar refractivity (Wildman–Crippen MR) is 48.2 cm³/mol. The van der Waals surface area contributed by atoms with Crippen molar-refractivity contribution < 1.29 is 9.78 Å². The van der Waals surface area contributed by atoms with Crippen molar-refractivity contribution in [3.8, 4) is 5.75 Å². The molecule has 1 aromatic carbocycles. The van der Waals surface area contributed by atoms with E-state index in [2.05, 4.69) is 18.7 Å². The first-order chi connectivity index (χ1) is 5.74. The molecule has 0 N–H and O–H groups in total. The summed E-state index contributed by atoms with van der Waals surface area (Å²) in [6.07, 6.45) is 0. The minimum absolute atomic E-state index is 0.557. The van der Waals surface area contributed by atoms with E-state index in [0.717, 1.165) is 5.75 Å². The summed E-state index contributed by atoms with van der Waals surface area (Å²) in [5.74, 6) is 1.29. The molecule has 0 aliphatic rings. The van der Waals surface area contributed by atoms with Gasteiger partial charge >= 0.3 is 0 Å². The van der Waals surface area contributed by atoms with Crippen LogP contribution in [0.2, 0.25) is 0 Å². The molecule has 2 nitrogen and oxygen atoms in total. The molecule has 0 amide bonds. The van der Waals surface area contributed by atoms with Gasteiger partial charge in [0.2, 0.25) is 0 Å².